The fourth-order valence-electron chi connectivity index (χ4n) is 4.12. The van der Waals surface area contributed by atoms with Crippen LogP contribution < -0.4 is 4.90 Å². The SMILES string of the molecule is Cn1c(-c2ccc(Cl)cc2Cl)cnc1[C@H](Cc1ccccn1)N(C=O)c1cc2cc(Cl)ccc2o1. The van der Waals surface area contributed by atoms with Crippen molar-refractivity contribution in [2.24, 2.45) is 7.05 Å². The van der Waals surface area contributed by atoms with Crippen LogP contribution in [0.4, 0.5) is 5.88 Å². The van der Waals surface area contributed by atoms with E-state index in [1.807, 2.05) is 35.9 Å². The molecule has 0 radical (unpaired) electrons. The number of benzene rings is 2. The standard InChI is InChI=1S/C26H19Cl3N4O2/c1-32-23(20-7-5-18(28)12-21(20)29)14-31-26(32)22(13-19-4-2-3-9-30-19)33(15-34)25-11-16-10-17(27)6-8-24(16)35-25/h2-12,14-15,22H,13H2,1H3/t22-/m0/s1. The van der Waals surface area contributed by atoms with Gasteiger partial charge in [0.15, 0.2) is 0 Å². The van der Waals surface area contributed by atoms with E-state index in [9.17, 15) is 4.79 Å². The Hall–Kier alpha value is -3.32. The minimum absolute atomic E-state index is 0.382. The fourth-order valence-corrected chi connectivity index (χ4v) is 4.80. The Morgan fingerprint density at radius 1 is 1.03 bits per heavy atom. The highest BCUT2D eigenvalue weighted by atomic mass is 35.5. The predicted molar refractivity (Wildman–Crippen MR) is 139 cm³/mol. The predicted octanol–water partition coefficient (Wildman–Crippen LogP) is 7.14. The quantitative estimate of drug-likeness (QED) is 0.212. The van der Waals surface area contributed by atoms with E-state index in [4.69, 9.17) is 44.2 Å². The first kappa shape index (κ1) is 23.4. The molecular weight excluding hydrogens is 507 g/mol. The Kier molecular flexibility index (Phi) is 6.52. The van der Waals surface area contributed by atoms with Gasteiger partial charge in [0.25, 0.3) is 0 Å². The zero-order chi connectivity index (χ0) is 24.5. The zero-order valence-electron chi connectivity index (χ0n) is 18.5. The Bertz CT molecular complexity index is 1510. The van der Waals surface area contributed by atoms with Crippen molar-refractivity contribution in [3.8, 4) is 11.3 Å². The average Bonchev–Trinajstić information content (AvgIpc) is 3.42. The third kappa shape index (κ3) is 4.65. The molecule has 0 spiro atoms. The second-order valence-corrected chi connectivity index (χ2v) is 9.29. The third-order valence-electron chi connectivity index (χ3n) is 5.83. The molecule has 6 nitrogen and oxygen atoms in total. The molecule has 0 N–H and O–H groups in total. The number of furan rings is 1. The van der Waals surface area contributed by atoms with Crippen molar-refractivity contribution >= 4 is 58.1 Å². The number of halogens is 3. The summed E-state index contributed by atoms with van der Waals surface area (Å²) in [4.78, 5) is 23.2. The highest BCUT2D eigenvalue weighted by Crippen LogP contribution is 2.36. The number of rotatable bonds is 7. The molecule has 0 aliphatic carbocycles. The summed E-state index contributed by atoms with van der Waals surface area (Å²) >= 11 is 18.7. The summed E-state index contributed by atoms with van der Waals surface area (Å²) < 4.78 is 7.94. The summed E-state index contributed by atoms with van der Waals surface area (Å²) in [5.74, 6) is 1.02. The van der Waals surface area contributed by atoms with E-state index >= 15 is 0 Å². The minimum atomic E-state index is -0.511. The maximum atomic E-state index is 12.5. The molecule has 9 heteroatoms. The van der Waals surface area contributed by atoms with E-state index in [0.717, 1.165) is 28.7 Å². The number of imidazole rings is 1. The number of anilines is 1. The number of fused-ring (bicyclic) bond motifs is 1. The number of hydrogen-bond acceptors (Lipinski definition) is 4. The molecule has 5 rings (SSSR count). The van der Waals surface area contributed by atoms with Crippen molar-refractivity contribution in [3.63, 3.8) is 0 Å². The molecule has 0 aliphatic heterocycles. The minimum Gasteiger partial charge on any atom is -0.440 e. The number of amides is 1. The van der Waals surface area contributed by atoms with Gasteiger partial charge in [0.1, 0.15) is 17.4 Å². The Morgan fingerprint density at radius 2 is 1.83 bits per heavy atom. The lowest BCUT2D eigenvalue weighted by atomic mass is 10.1. The van der Waals surface area contributed by atoms with Crippen molar-refractivity contribution in [2.75, 3.05) is 4.90 Å². The molecule has 35 heavy (non-hydrogen) atoms. The van der Waals surface area contributed by atoms with Crippen molar-refractivity contribution < 1.29 is 9.21 Å². The van der Waals surface area contributed by atoms with Gasteiger partial charge >= 0.3 is 0 Å². The molecule has 3 heterocycles. The summed E-state index contributed by atoms with van der Waals surface area (Å²) in [5, 5.41) is 2.44. The molecule has 0 bridgehead atoms. The number of hydrogen-bond donors (Lipinski definition) is 0. The van der Waals surface area contributed by atoms with Gasteiger partial charge in [0, 0.05) is 52.4 Å². The molecule has 0 saturated carbocycles. The first-order chi connectivity index (χ1) is 16.9. The van der Waals surface area contributed by atoms with E-state index in [0.29, 0.717) is 38.8 Å². The second kappa shape index (κ2) is 9.74. The van der Waals surface area contributed by atoms with Crippen LogP contribution in [0.5, 0.6) is 0 Å². The largest absolute Gasteiger partial charge is 0.440 e. The van der Waals surface area contributed by atoms with Crippen molar-refractivity contribution in [1.29, 1.82) is 0 Å². The van der Waals surface area contributed by atoms with Crippen LogP contribution in [0, 0.1) is 0 Å². The van der Waals surface area contributed by atoms with Gasteiger partial charge < -0.3 is 8.98 Å². The maximum Gasteiger partial charge on any atom is 0.217 e. The van der Waals surface area contributed by atoms with Gasteiger partial charge in [-0.3, -0.25) is 14.7 Å². The molecule has 1 atom stereocenters. The van der Waals surface area contributed by atoms with Gasteiger partial charge in [-0.25, -0.2) is 4.98 Å². The average molecular weight is 526 g/mol. The van der Waals surface area contributed by atoms with Crippen molar-refractivity contribution in [2.45, 2.75) is 12.5 Å². The number of aromatic nitrogens is 3. The molecule has 0 unspecified atom stereocenters. The zero-order valence-corrected chi connectivity index (χ0v) is 20.8. The first-order valence-corrected chi connectivity index (χ1v) is 11.9. The normalized spacial score (nSPS) is 12.1. The van der Waals surface area contributed by atoms with Crippen molar-refractivity contribution in [3.05, 3.63) is 99.6 Å². The Balaban J connectivity index is 1.61. The molecule has 5 aromatic rings. The molecule has 0 saturated heterocycles. The van der Waals surface area contributed by atoms with Gasteiger partial charge in [-0.2, -0.15) is 0 Å². The number of carbonyl (C=O) groups excluding carboxylic acids is 1. The summed E-state index contributed by atoms with van der Waals surface area (Å²) in [5.41, 5.74) is 3.00. The van der Waals surface area contributed by atoms with E-state index in [2.05, 4.69) is 4.98 Å². The molecule has 2 aromatic carbocycles. The monoisotopic (exact) mass is 524 g/mol. The summed E-state index contributed by atoms with van der Waals surface area (Å²) in [6.07, 6.45) is 4.61. The molecule has 3 aromatic heterocycles. The van der Waals surface area contributed by atoms with Crippen LogP contribution in [-0.2, 0) is 18.3 Å². The van der Waals surface area contributed by atoms with Gasteiger partial charge in [-0.05, 0) is 48.5 Å². The van der Waals surface area contributed by atoms with Gasteiger partial charge in [0.2, 0.25) is 12.3 Å². The van der Waals surface area contributed by atoms with Gasteiger partial charge in [-0.15, -0.1) is 0 Å². The van der Waals surface area contributed by atoms with Crippen LogP contribution in [0.25, 0.3) is 22.2 Å². The smallest absolute Gasteiger partial charge is 0.217 e. The summed E-state index contributed by atoms with van der Waals surface area (Å²) in [7, 11) is 1.88. The lowest BCUT2D eigenvalue weighted by Crippen LogP contribution is -2.31. The lowest BCUT2D eigenvalue weighted by Gasteiger charge is -2.26. The van der Waals surface area contributed by atoms with Crippen LogP contribution >= 0.6 is 34.8 Å². The molecule has 176 valence electrons. The van der Waals surface area contributed by atoms with E-state index in [1.165, 1.54) is 4.90 Å². The summed E-state index contributed by atoms with van der Waals surface area (Å²) in [6.45, 7) is 0. The van der Waals surface area contributed by atoms with Crippen LogP contribution in [0.1, 0.15) is 17.6 Å². The van der Waals surface area contributed by atoms with Crippen LogP contribution in [0.2, 0.25) is 15.1 Å². The second-order valence-electron chi connectivity index (χ2n) is 8.01. The summed E-state index contributed by atoms with van der Waals surface area (Å²) in [6, 6.07) is 17.6. The maximum absolute atomic E-state index is 12.5. The van der Waals surface area contributed by atoms with Gasteiger partial charge in [-0.1, -0.05) is 40.9 Å². The van der Waals surface area contributed by atoms with E-state index in [1.54, 1.807) is 48.8 Å². The van der Waals surface area contributed by atoms with E-state index < -0.39 is 6.04 Å². The topological polar surface area (TPSA) is 64.2 Å². The molecule has 0 aliphatic rings. The van der Waals surface area contributed by atoms with Gasteiger partial charge in [0.05, 0.1) is 16.9 Å². The lowest BCUT2D eigenvalue weighted by molar-refractivity contribution is -0.108. The van der Waals surface area contributed by atoms with Crippen LogP contribution in [0.3, 0.4) is 0 Å². The van der Waals surface area contributed by atoms with Crippen molar-refractivity contribution in [1.82, 2.24) is 14.5 Å². The molecule has 1 amide bonds. The Morgan fingerprint density at radius 3 is 2.57 bits per heavy atom. The van der Waals surface area contributed by atoms with E-state index in [-0.39, 0.29) is 0 Å². The molecule has 0 fully saturated rings. The third-order valence-corrected chi connectivity index (χ3v) is 6.61. The Labute approximate surface area is 216 Å². The molecular formula is C26H19Cl3N4O2. The first-order valence-electron chi connectivity index (χ1n) is 10.7. The number of carbonyl (C=O) groups is 1. The highest BCUT2D eigenvalue weighted by Gasteiger charge is 2.29. The van der Waals surface area contributed by atoms with Crippen LogP contribution in [-0.4, -0.2) is 20.9 Å². The fraction of sp³-hybridized carbons (Fsp3) is 0.115. The number of pyridine rings is 1. The number of nitrogens with zero attached hydrogens (tertiary/aromatic N) is 4. The highest BCUT2D eigenvalue weighted by molar-refractivity contribution is 6.36. The van der Waals surface area contributed by atoms with Crippen LogP contribution in [0.15, 0.2) is 77.5 Å².